The lowest BCUT2D eigenvalue weighted by atomic mass is 9.91. The molecule has 5 rings (SSSR count). The number of aliphatic carboxylic acids is 4. The molecule has 0 atom stereocenters. The van der Waals surface area contributed by atoms with Gasteiger partial charge in [0.25, 0.3) is 0 Å². The average molecular weight is 722 g/mol. The Hall–Kier alpha value is -5.46. The van der Waals surface area contributed by atoms with Gasteiger partial charge in [-0.2, -0.15) is 5.26 Å². The zero-order valence-corrected chi connectivity index (χ0v) is 29.7. The summed E-state index contributed by atoms with van der Waals surface area (Å²) in [6.07, 6.45) is 9.30. The maximum Gasteiger partial charge on any atom is 0.328 e. The number of carbonyl (C=O) groups is 4. The van der Waals surface area contributed by atoms with Gasteiger partial charge in [0.05, 0.1) is 17.9 Å². The van der Waals surface area contributed by atoms with Crippen molar-refractivity contribution < 1.29 is 48.9 Å². The van der Waals surface area contributed by atoms with Crippen LogP contribution in [-0.4, -0.2) is 97.6 Å². The van der Waals surface area contributed by atoms with Crippen molar-refractivity contribution in [1.29, 1.82) is 5.26 Å². The van der Waals surface area contributed by atoms with Crippen LogP contribution >= 0.6 is 0 Å². The van der Waals surface area contributed by atoms with E-state index < -0.39 is 23.9 Å². The van der Waals surface area contributed by atoms with E-state index in [1.807, 2.05) is 6.07 Å². The number of aromatic nitrogens is 2. The number of fused-ring (bicyclic) bond motifs is 1. The number of piperidine rings is 1. The molecule has 1 saturated heterocycles. The van der Waals surface area contributed by atoms with Gasteiger partial charge in [-0.25, -0.2) is 19.2 Å². The Morgan fingerprint density at radius 3 is 2.02 bits per heavy atom. The van der Waals surface area contributed by atoms with Crippen LogP contribution in [0, 0.1) is 23.2 Å². The number of carboxylic acid groups (broad SMARTS) is 4. The second-order valence-corrected chi connectivity index (χ2v) is 12.9. The summed E-state index contributed by atoms with van der Waals surface area (Å²) in [5.74, 6) is -2.66. The largest absolute Gasteiger partial charge is 0.493 e. The highest BCUT2D eigenvalue weighted by Crippen LogP contribution is 2.35. The third kappa shape index (κ3) is 13.7. The first-order valence-corrected chi connectivity index (χ1v) is 17.1. The molecule has 0 spiro atoms. The monoisotopic (exact) mass is 721 g/mol. The Morgan fingerprint density at radius 2 is 1.52 bits per heavy atom. The van der Waals surface area contributed by atoms with E-state index in [9.17, 15) is 24.4 Å². The van der Waals surface area contributed by atoms with Crippen LogP contribution in [0.1, 0.15) is 61.7 Å². The molecule has 1 saturated carbocycles. The number of carboxylic acids is 4. The van der Waals surface area contributed by atoms with Gasteiger partial charge in [0, 0.05) is 55.0 Å². The molecular weight excluding hydrogens is 674 g/mol. The van der Waals surface area contributed by atoms with Gasteiger partial charge in [-0.05, 0) is 109 Å². The number of benzene rings is 1. The van der Waals surface area contributed by atoms with Gasteiger partial charge >= 0.3 is 23.9 Å². The van der Waals surface area contributed by atoms with Crippen LogP contribution in [0.3, 0.4) is 0 Å². The summed E-state index contributed by atoms with van der Waals surface area (Å²) in [7, 11) is 4.16. The molecule has 4 N–H and O–H groups in total. The molecule has 0 bridgehead atoms. The van der Waals surface area contributed by atoms with Crippen molar-refractivity contribution in [2.24, 2.45) is 11.8 Å². The van der Waals surface area contributed by atoms with Crippen LogP contribution in [0.15, 0.2) is 53.1 Å². The smallest absolute Gasteiger partial charge is 0.328 e. The second kappa shape index (κ2) is 20.4. The van der Waals surface area contributed by atoms with Gasteiger partial charge in [-0.3, -0.25) is 4.90 Å². The van der Waals surface area contributed by atoms with Crippen molar-refractivity contribution in [3.8, 4) is 11.8 Å². The maximum atomic E-state index is 9.55. The summed E-state index contributed by atoms with van der Waals surface area (Å²) in [6.45, 7) is 7.67. The highest BCUT2D eigenvalue weighted by molar-refractivity contribution is 5.90. The first kappa shape index (κ1) is 41.0. The van der Waals surface area contributed by atoms with E-state index >= 15 is 0 Å². The molecule has 280 valence electrons. The predicted molar refractivity (Wildman–Crippen MR) is 190 cm³/mol. The number of hydrogen-bond acceptors (Lipinski definition) is 10. The van der Waals surface area contributed by atoms with E-state index in [0.717, 1.165) is 91.8 Å². The lowest BCUT2D eigenvalue weighted by molar-refractivity contribution is -0.134. The molecule has 2 fully saturated rings. The van der Waals surface area contributed by atoms with Crippen LogP contribution in [0.25, 0.3) is 11.0 Å². The van der Waals surface area contributed by atoms with E-state index in [1.54, 1.807) is 0 Å². The van der Waals surface area contributed by atoms with Gasteiger partial charge in [-0.1, -0.05) is 5.16 Å². The summed E-state index contributed by atoms with van der Waals surface area (Å²) in [4.78, 5) is 42.9. The standard InChI is InChI=1S/C29H39N5O2.2C4H4O4/c1-4-34-23(17-30)8-9-24(34)18-33-15-13-21(14-16-33)7-11-27-25-10-12-28(35-20-22-5-6-22)26(19-32(2)3)29(25)36-31-27;2*5-3(6)1-2-4(7)8/h8-10,12,21-22H,4-7,11,13-16,18-20H2,1-3H3;2*1-2H,(H,5,6)(H,7,8)/b;2*2-1+. The van der Waals surface area contributed by atoms with Crippen LogP contribution in [0.5, 0.6) is 5.75 Å². The van der Waals surface area contributed by atoms with E-state index in [0.29, 0.717) is 30.2 Å². The molecule has 0 radical (unpaired) electrons. The van der Waals surface area contributed by atoms with Crippen molar-refractivity contribution in [1.82, 2.24) is 19.5 Å². The van der Waals surface area contributed by atoms with Gasteiger partial charge < -0.3 is 39.2 Å². The topological polar surface area (TPSA) is 220 Å². The molecule has 15 nitrogen and oxygen atoms in total. The molecule has 15 heteroatoms. The fourth-order valence-electron chi connectivity index (χ4n) is 5.77. The quantitative estimate of drug-likeness (QED) is 0.157. The highest BCUT2D eigenvalue weighted by atomic mass is 16.5. The third-order valence-corrected chi connectivity index (χ3v) is 8.54. The minimum absolute atomic E-state index is 0.558. The number of aryl methyl sites for hydroxylation is 1. The molecule has 2 aromatic heterocycles. The molecule has 52 heavy (non-hydrogen) atoms. The SMILES string of the molecule is CCn1c(C#N)ccc1CN1CCC(CCc2noc3c(CN(C)C)c(OCC4CC4)ccc23)CC1.O=C(O)/C=C/C(=O)O.O=C(O)/C=C/C(=O)O. The minimum atomic E-state index is -1.26. The van der Waals surface area contributed by atoms with Crippen LogP contribution in [0.4, 0.5) is 0 Å². The predicted octanol–water partition coefficient (Wildman–Crippen LogP) is 4.64. The zero-order valence-electron chi connectivity index (χ0n) is 29.7. The molecule has 0 amide bonds. The van der Waals surface area contributed by atoms with Crippen LogP contribution in [-0.2, 0) is 45.2 Å². The first-order chi connectivity index (χ1) is 24.8. The van der Waals surface area contributed by atoms with Crippen LogP contribution in [0.2, 0.25) is 0 Å². The van der Waals surface area contributed by atoms with Gasteiger partial charge in [0.15, 0.2) is 5.58 Å². The van der Waals surface area contributed by atoms with Crippen molar-refractivity contribution in [3.05, 3.63) is 71.2 Å². The van der Waals surface area contributed by atoms with E-state index in [2.05, 4.69) is 64.8 Å². The molecule has 1 aliphatic heterocycles. The Balaban J connectivity index is 0.000000380. The average Bonchev–Trinajstić information content (AvgIpc) is 3.71. The van der Waals surface area contributed by atoms with Gasteiger partial charge in [0.2, 0.25) is 0 Å². The van der Waals surface area contributed by atoms with Crippen molar-refractivity contribution in [2.45, 2.75) is 65.1 Å². The number of likely N-dealkylation sites (tertiary alicyclic amines) is 1. The molecule has 0 unspecified atom stereocenters. The number of hydrogen-bond donors (Lipinski definition) is 4. The number of nitrogens with zero attached hydrogens (tertiary/aromatic N) is 5. The van der Waals surface area contributed by atoms with Crippen molar-refractivity contribution >= 4 is 34.8 Å². The van der Waals surface area contributed by atoms with Gasteiger partial charge in [0.1, 0.15) is 17.5 Å². The molecule has 3 heterocycles. The maximum absolute atomic E-state index is 9.55. The molecule has 2 aliphatic rings. The molecule has 1 aromatic carbocycles. The Kier molecular flexibility index (Phi) is 16.1. The fourth-order valence-corrected chi connectivity index (χ4v) is 5.77. The number of ether oxygens (including phenoxy) is 1. The Bertz CT molecular complexity index is 1710. The second-order valence-electron chi connectivity index (χ2n) is 12.9. The summed E-state index contributed by atoms with van der Waals surface area (Å²) >= 11 is 0. The summed E-state index contributed by atoms with van der Waals surface area (Å²) in [5.41, 5.74) is 5.08. The van der Waals surface area contributed by atoms with Crippen molar-refractivity contribution in [3.63, 3.8) is 0 Å². The zero-order chi connectivity index (χ0) is 38.2. The fraction of sp³-hybridized carbons (Fsp3) is 0.459. The van der Waals surface area contributed by atoms with Crippen LogP contribution < -0.4 is 4.74 Å². The van der Waals surface area contributed by atoms with E-state index in [1.165, 1.54) is 31.4 Å². The molecule has 1 aliphatic carbocycles. The minimum Gasteiger partial charge on any atom is -0.493 e. The Morgan fingerprint density at radius 1 is 0.923 bits per heavy atom. The summed E-state index contributed by atoms with van der Waals surface area (Å²) in [6, 6.07) is 10.6. The highest BCUT2D eigenvalue weighted by Gasteiger charge is 2.25. The summed E-state index contributed by atoms with van der Waals surface area (Å²) in [5, 5.41) is 46.2. The number of rotatable bonds is 15. The molecule has 3 aromatic rings. The van der Waals surface area contributed by atoms with Crippen molar-refractivity contribution in [2.75, 3.05) is 33.8 Å². The third-order valence-electron chi connectivity index (χ3n) is 8.54. The Labute approximate surface area is 302 Å². The first-order valence-electron chi connectivity index (χ1n) is 17.1. The van der Waals surface area contributed by atoms with E-state index in [-0.39, 0.29) is 0 Å². The molecular formula is C37H47N5O10. The number of nitriles is 1. The summed E-state index contributed by atoms with van der Waals surface area (Å²) < 4.78 is 14.2. The van der Waals surface area contributed by atoms with Gasteiger partial charge in [-0.15, -0.1) is 0 Å². The lowest BCUT2D eigenvalue weighted by Crippen LogP contribution is -2.34. The van der Waals surface area contributed by atoms with E-state index in [4.69, 9.17) is 29.7 Å². The normalized spacial score (nSPS) is 14.8. The lowest BCUT2D eigenvalue weighted by Gasteiger charge is -2.32.